The summed E-state index contributed by atoms with van der Waals surface area (Å²) < 4.78 is 5.60. The van der Waals surface area contributed by atoms with Crippen LogP contribution in [0.5, 0.6) is 17.2 Å². The average molecular weight is 312 g/mol. The topological polar surface area (TPSA) is 90.9 Å². The van der Waals surface area contributed by atoms with Crippen LogP contribution in [-0.4, -0.2) is 15.3 Å². The smallest absolute Gasteiger partial charge is 0.204 e. The minimum absolute atomic E-state index is 0.00283. The Balaban J connectivity index is 2.51. The summed E-state index contributed by atoms with van der Waals surface area (Å²) in [4.78, 5) is 12.8. The molecule has 0 bridgehead atoms. The van der Waals surface area contributed by atoms with Gasteiger partial charge in [0.05, 0.1) is 5.39 Å². The highest BCUT2D eigenvalue weighted by Gasteiger charge is 2.19. The third kappa shape index (κ3) is 2.40. The first-order valence-corrected chi connectivity index (χ1v) is 7.16. The van der Waals surface area contributed by atoms with Crippen LogP contribution in [0.25, 0.3) is 21.9 Å². The second-order valence-corrected chi connectivity index (χ2v) is 5.66. The Morgan fingerprint density at radius 3 is 2.52 bits per heavy atom. The van der Waals surface area contributed by atoms with Gasteiger partial charge >= 0.3 is 0 Å². The third-order valence-electron chi connectivity index (χ3n) is 3.73. The summed E-state index contributed by atoms with van der Waals surface area (Å²) in [7, 11) is 0. The van der Waals surface area contributed by atoms with Crippen LogP contribution < -0.4 is 5.43 Å². The van der Waals surface area contributed by atoms with Gasteiger partial charge in [-0.05, 0) is 32.4 Å². The Morgan fingerprint density at radius 2 is 1.83 bits per heavy atom. The van der Waals surface area contributed by atoms with Gasteiger partial charge < -0.3 is 19.7 Å². The van der Waals surface area contributed by atoms with Crippen LogP contribution in [0.15, 0.2) is 45.1 Å². The molecule has 1 aromatic heterocycles. The molecule has 0 amide bonds. The first kappa shape index (κ1) is 15.0. The number of hydrogen-bond donors (Lipinski definition) is 3. The summed E-state index contributed by atoms with van der Waals surface area (Å²) >= 11 is 0. The maximum atomic E-state index is 12.8. The highest BCUT2D eigenvalue weighted by molar-refractivity contribution is 5.97. The maximum absolute atomic E-state index is 12.8. The van der Waals surface area contributed by atoms with Gasteiger partial charge in [0.1, 0.15) is 22.5 Å². The van der Waals surface area contributed by atoms with E-state index in [0.717, 1.165) is 11.6 Å². The molecule has 0 aliphatic heterocycles. The van der Waals surface area contributed by atoms with Crippen LogP contribution in [0.1, 0.15) is 19.4 Å². The summed E-state index contributed by atoms with van der Waals surface area (Å²) in [5, 5.41) is 30.2. The number of aromatic hydroxyl groups is 3. The zero-order chi connectivity index (χ0) is 16.7. The van der Waals surface area contributed by atoms with Gasteiger partial charge in [-0.25, -0.2) is 0 Å². The van der Waals surface area contributed by atoms with E-state index >= 15 is 0 Å². The quantitative estimate of drug-likeness (QED) is 0.497. The predicted octanol–water partition coefficient (Wildman–Crippen LogP) is 3.57. The van der Waals surface area contributed by atoms with Crippen molar-refractivity contribution in [3.05, 3.63) is 51.7 Å². The molecule has 118 valence electrons. The molecule has 0 radical (unpaired) electrons. The van der Waals surface area contributed by atoms with Gasteiger partial charge in [-0.15, -0.1) is 0 Å². The molecule has 0 unspecified atom stereocenters. The molecule has 3 rings (SSSR count). The normalized spacial score (nSPS) is 11.0. The first-order chi connectivity index (χ1) is 10.9. The van der Waals surface area contributed by atoms with E-state index < -0.39 is 5.43 Å². The summed E-state index contributed by atoms with van der Waals surface area (Å²) in [5.41, 5.74) is 1.08. The molecule has 1 heterocycles. The SMILES string of the molecule is CC(C)=CCc1c(O)cc(O)c2oc3cccc(O)c3c(=O)c12. The molecule has 0 atom stereocenters. The van der Waals surface area contributed by atoms with E-state index in [1.54, 1.807) is 6.07 Å². The van der Waals surface area contributed by atoms with Crippen molar-refractivity contribution in [2.45, 2.75) is 20.3 Å². The largest absolute Gasteiger partial charge is 0.507 e. The van der Waals surface area contributed by atoms with Gasteiger partial charge in [0, 0.05) is 11.6 Å². The van der Waals surface area contributed by atoms with Crippen molar-refractivity contribution in [2.24, 2.45) is 0 Å². The van der Waals surface area contributed by atoms with Crippen LogP contribution >= 0.6 is 0 Å². The Hall–Kier alpha value is -2.95. The van der Waals surface area contributed by atoms with Gasteiger partial charge in [0.15, 0.2) is 11.3 Å². The number of phenols is 3. The number of hydrogen-bond acceptors (Lipinski definition) is 5. The third-order valence-corrected chi connectivity index (χ3v) is 3.73. The predicted molar refractivity (Wildman–Crippen MR) is 88.1 cm³/mol. The lowest BCUT2D eigenvalue weighted by Gasteiger charge is -2.10. The molecule has 23 heavy (non-hydrogen) atoms. The average Bonchev–Trinajstić information content (AvgIpc) is 2.47. The van der Waals surface area contributed by atoms with E-state index in [1.165, 1.54) is 12.1 Å². The van der Waals surface area contributed by atoms with Crippen LogP contribution in [0.2, 0.25) is 0 Å². The van der Waals surface area contributed by atoms with E-state index in [2.05, 4.69) is 0 Å². The minimum atomic E-state index is -0.484. The molecule has 5 nitrogen and oxygen atoms in total. The zero-order valence-corrected chi connectivity index (χ0v) is 12.8. The summed E-state index contributed by atoms with van der Waals surface area (Å²) in [6.07, 6.45) is 2.18. The molecule has 0 fully saturated rings. The lowest BCUT2D eigenvalue weighted by molar-refractivity contribution is 0.443. The van der Waals surface area contributed by atoms with Crippen LogP contribution in [0.4, 0.5) is 0 Å². The second kappa shape index (κ2) is 5.35. The van der Waals surface area contributed by atoms with Crippen molar-refractivity contribution in [1.82, 2.24) is 0 Å². The standard InChI is InChI=1S/C18H16O5/c1-9(2)6-7-10-12(20)8-13(21)18-15(10)17(22)16-11(19)4-3-5-14(16)23-18/h3-6,8,19-21H,7H2,1-2H3. The molecular formula is C18H16O5. The molecular weight excluding hydrogens is 296 g/mol. The Morgan fingerprint density at radius 1 is 1.09 bits per heavy atom. The number of benzene rings is 2. The van der Waals surface area contributed by atoms with Crippen molar-refractivity contribution >= 4 is 21.9 Å². The number of fused-ring (bicyclic) bond motifs is 2. The Labute approximate surface area is 131 Å². The van der Waals surface area contributed by atoms with Gasteiger partial charge in [-0.3, -0.25) is 4.79 Å². The molecule has 3 aromatic rings. The fourth-order valence-corrected chi connectivity index (χ4v) is 2.60. The van der Waals surface area contributed by atoms with Crippen molar-refractivity contribution < 1.29 is 19.7 Å². The van der Waals surface area contributed by atoms with Crippen molar-refractivity contribution in [3.63, 3.8) is 0 Å². The molecule has 0 saturated heterocycles. The maximum Gasteiger partial charge on any atom is 0.204 e. The van der Waals surface area contributed by atoms with Crippen molar-refractivity contribution in [3.8, 4) is 17.2 Å². The minimum Gasteiger partial charge on any atom is -0.507 e. The van der Waals surface area contributed by atoms with E-state index in [1.807, 2.05) is 19.9 Å². The van der Waals surface area contributed by atoms with Gasteiger partial charge in [0.25, 0.3) is 0 Å². The Bertz CT molecular complexity index is 1010. The highest BCUT2D eigenvalue weighted by Crippen LogP contribution is 2.36. The van der Waals surface area contributed by atoms with Gasteiger partial charge in [-0.2, -0.15) is 0 Å². The molecule has 0 aliphatic rings. The van der Waals surface area contributed by atoms with E-state index in [0.29, 0.717) is 12.0 Å². The van der Waals surface area contributed by atoms with E-state index in [9.17, 15) is 20.1 Å². The molecule has 0 aliphatic carbocycles. The number of allylic oxidation sites excluding steroid dienone is 2. The van der Waals surface area contributed by atoms with Crippen molar-refractivity contribution in [1.29, 1.82) is 0 Å². The van der Waals surface area contributed by atoms with Crippen LogP contribution in [0, 0.1) is 0 Å². The van der Waals surface area contributed by atoms with Crippen molar-refractivity contribution in [2.75, 3.05) is 0 Å². The van der Waals surface area contributed by atoms with E-state index in [4.69, 9.17) is 4.42 Å². The highest BCUT2D eigenvalue weighted by atomic mass is 16.4. The molecule has 3 N–H and O–H groups in total. The molecule has 2 aromatic carbocycles. The first-order valence-electron chi connectivity index (χ1n) is 7.16. The van der Waals surface area contributed by atoms with Gasteiger partial charge in [0.2, 0.25) is 5.43 Å². The lowest BCUT2D eigenvalue weighted by atomic mass is 10.0. The lowest BCUT2D eigenvalue weighted by Crippen LogP contribution is -2.06. The fraction of sp³-hybridized carbons (Fsp3) is 0.167. The molecule has 0 saturated carbocycles. The zero-order valence-electron chi connectivity index (χ0n) is 12.8. The fourth-order valence-electron chi connectivity index (χ4n) is 2.60. The Kier molecular flexibility index (Phi) is 3.48. The number of phenolic OH excluding ortho intramolecular Hbond substituents is 3. The van der Waals surface area contributed by atoms with Crippen LogP contribution in [-0.2, 0) is 6.42 Å². The monoisotopic (exact) mass is 312 g/mol. The summed E-state index contributed by atoms with van der Waals surface area (Å²) in [6, 6.07) is 5.64. The van der Waals surface area contributed by atoms with Crippen LogP contribution in [0.3, 0.4) is 0 Å². The van der Waals surface area contributed by atoms with E-state index in [-0.39, 0.29) is 39.2 Å². The van der Waals surface area contributed by atoms with Gasteiger partial charge in [-0.1, -0.05) is 17.7 Å². The molecule has 5 heteroatoms. The number of rotatable bonds is 2. The molecule has 0 spiro atoms. The summed E-state index contributed by atoms with van der Waals surface area (Å²) in [6.45, 7) is 3.81. The summed E-state index contributed by atoms with van der Waals surface area (Å²) in [5.74, 6) is -0.704. The second-order valence-electron chi connectivity index (χ2n) is 5.66.